The molecule has 4 rings (SSSR count). The molecule has 0 radical (unpaired) electrons. The Hall–Kier alpha value is -2.82. The van der Waals surface area contributed by atoms with Crippen LogP contribution in [0.15, 0.2) is 48.6 Å². The van der Waals surface area contributed by atoms with E-state index in [1.54, 1.807) is 6.07 Å². The van der Waals surface area contributed by atoms with E-state index in [0.29, 0.717) is 6.61 Å². The first-order valence-electron chi connectivity index (χ1n) is 9.04. The second-order valence-electron chi connectivity index (χ2n) is 6.89. The SMILES string of the molecule is CCOc1ccccc1C1Nc2c(C)ccc([N+](=O)[O-])c2C2C=CCC21. The molecule has 3 atom stereocenters. The molecule has 5 heteroatoms. The second-order valence-corrected chi connectivity index (χ2v) is 6.89. The molecule has 1 aliphatic carbocycles. The zero-order valence-electron chi connectivity index (χ0n) is 14.9. The minimum Gasteiger partial charge on any atom is -0.494 e. The van der Waals surface area contributed by atoms with E-state index >= 15 is 0 Å². The molecule has 1 N–H and O–H groups in total. The highest BCUT2D eigenvalue weighted by molar-refractivity contribution is 5.71. The van der Waals surface area contributed by atoms with Crippen LogP contribution in [0.25, 0.3) is 0 Å². The zero-order chi connectivity index (χ0) is 18.3. The van der Waals surface area contributed by atoms with E-state index in [4.69, 9.17) is 4.74 Å². The van der Waals surface area contributed by atoms with Gasteiger partial charge in [0.2, 0.25) is 0 Å². The van der Waals surface area contributed by atoms with Gasteiger partial charge in [0.25, 0.3) is 5.69 Å². The predicted molar refractivity (Wildman–Crippen MR) is 102 cm³/mol. The third-order valence-corrected chi connectivity index (χ3v) is 5.46. The van der Waals surface area contributed by atoms with Crippen molar-refractivity contribution in [3.63, 3.8) is 0 Å². The van der Waals surface area contributed by atoms with Crippen LogP contribution in [0.2, 0.25) is 0 Å². The Bertz CT molecular complexity index is 891. The molecule has 0 saturated heterocycles. The number of nitro groups is 1. The molecule has 5 nitrogen and oxygen atoms in total. The summed E-state index contributed by atoms with van der Waals surface area (Å²) < 4.78 is 5.85. The van der Waals surface area contributed by atoms with Crippen LogP contribution in [-0.2, 0) is 0 Å². The van der Waals surface area contributed by atoms with Crippen molar-refractivity contribution < 1.29 is 9.66 Å². The number of benzene rings is 2. The lowest BCUT2D eigenvalue weighted by Crippen LogP contribution is -2.30. The molecular weight excluding hydrogens is 328 g/mol. The number of fused-ring (bicyclic) bond motifs is 3. The molecule has 0 amide bonds. The fourth-order valence-corrected chi connectivity index (χ4v) is 4.33. The van der Waals surface area contributed by atoms with Gasteiger partial charge in [-0.25, -0.2) is 0 Å². The van der Waals surface area contributed by atoms with Gasteiger partial charge in [-0.3, -0.25) is 10.1 Å². The third kappa shape index (κ3) is 2.55. The van der Waals surface area contributed by atoms with Crippen LogP contribution >= 0.6 is 0 Å². The Labute approximate surface area is 152 Å². The highest BCUT2D eigenvalue weighted by Crippen LogP contribution is 2.54. The average molecular weight is 350 g/mol. The molecule has 2 aromatic rings. The van der Waals surface area contributed by atoms with E-state index in [-0.39, 0.29) is 28.5 Å². The lowest BCUT2D eigenvalue weighted by molar-refractivity contribution is -0.385. The monoisotopic (exact) mass is 350 g/mol. The van der Waals surface area contributed by atoms with Gasteiger partial charge in [0.15, 0.2) is 0 Å². The van der Waals surface area contributed by atoms with Gasteiger partial charge in [0, 0.05) is 23.2 Å². The highest BCUT2D eigenvalue weighted by Gasteiger charge is 2.42. The van der Waals surface area contributed by atoms with Crippen molar-refractivity contribution in [2.24, 2.45) is 5.92 Å². The summed E-state index contributed by atoms with van der Waals surface area (Å²) in [5, 5.41) is 15.2. The van der Waals surface area contributed by atoms with Crippen molar-refractivity contribution in [3.05, 3.63) is 75.4 Å². The van der Waals surface area contributed by atoms with E-state index in [0.717, 1.165) is 34.5 Å². The van der Waals surface area contributed by atoms with Crippen molar-refractivity contribution in [1.29, 1.82) is 0 Å². The second kappa shape index (κ2) is 6.48. The molecule has 1 aliphatic heterocycles. The van der Waals surface area contributed by atoms with Crippen LogP contribution in [0.4, 0.5) is 11.4 Å². The minimum atomic E-state index is -0.266. The van der Waals surface area contributed by atoms with Gasteiger partial charge in [-0.2, -0.15) is 0 Å². The number of ether oxygens (including phenoxy) is 1. The molecule has 0 bridgehead atoms. The molecule has 26 heavy (non-hydrogen) atoms. The molecule has 0 spiro atoms. The zero-order valence-corrected chi connectivity index (χ0v) is 14.9. The first kappa shape index (κ1) is 16.6. The Kier molecular flexibility index (Phi) is 4.15. The number of allylic oxidation sites excluding steroid dienone is 2. The van der Waals surface area contributed by atoms with Gasteiger partial charge in [-0.05, 0) is 37.8 Å². The van der Waals surface area contributed by atoms with Crippen molar-refractivity contribution in [2.45, 2.75) is 32.2 Å². The van der Waals surface area contributed by atoms with Crippen molar-refractivity contribution in [1.82, 2.24) is 0 Å². The Morgan fingerprint density at radius 2 is 2.08 bits per heavy atom. The number of hydrogen-bond donors (Lipinski definition) is 1. The van der Waals surface area contributed by atoms with Gasteiger partial charge in [-0.1, -0.05) is 36.4 Å². The number of para-hydroxylation sites is 1. The predicted octanol–water partition coefficient (Wildman–Crippen LogP) is 5.13. The third-order valence-electron chi connectivity index (χ3n) is 5.46. The number of anilines is 1. The van der Waals surface area contributed by atoms with Crippen molar-refractivity contribution in [2.75, 3.05) is 11.9 Å². The van der Waals surface area contributed by atoms with E-state index in [1.165, 1.54) is 0 Å². The summed E-state index contributed by atoms with van der Waals surface area (Å²) >= 11 is 0. The van der Waals surface area contributed by atoms with E-state index in [9.17, 15) is 10.1 Å². The molecule has 3 unspecified atom stereocenters. The van der Waals surface area contributed by atoms with Gasteiger partial charge in [0.05, 0.1) is 23.1 Å². The molecule has 134 valence electrons. The standard InChI is InChI=1S/C21H22N2O3/c1-3-26-18-10-5-4-7-16(18)21-15-9-6-8-14(15)19-17(23(24)25)12-11-13(2)20(19)22-21/h4-8,10-12,14-15,21-22H,3,9H2,1-2H3. The molecular formula is C21H22N2O3. The maximum Gasteiger partial charge on any atom is 0.275 e. The van der Waals surface area contributed by atoms with Crippen LogP contribution in [0, 0.1) is 23.0 Å². The fraction of sp³-hybridized carbons (Fsp3) is 0.333. The normalized spacial score (nSPS) is 23.1. The summed E-state index contributed by atoms with van der Waals surface area (Å²) in [7, 11) is 0. The van der Waals surface area contributed by atoms with Crippen molar-refractivity contribution in [3.8, 4) is 5.75 Å². The maximum absolute atomic E-state index is 11.6. The number of nitrogens with zero attached hydrogens (tertiary/aromatic N) is 1. The molecule has 2 aliphatic rings. The van der Waals surface area contributed by atoms with Crippen LogP contribution in [0.1, 0.15) is 42.0 Å². The molecule has 0 saturated carbocycles. The number of aryl methyl sites for hydroxylation is 1. The average Bonchev–Trinajstić information content (AvgIpc) is 3.12. The summed E-state index contributed by atoms with van der Waals surface area (Å²) in [4.78, 5) is 11.3. The number of nitro benzene ring substituents is 1. The smallest absolute Gasteiger partial charge is 0.275 e. The first-order valence-corrected chi connectivity index (χ1v) is 9.04. The fourth-order valence-electron chi connectivity index (χ4n) is 4.33. The lowest BCUT2D eigenvalue weighted by Gasteiger charge is -2.38. The first-order chi connectivity index (χ1) is 12.6. The van der Waals surface area contributed by atoms with Crippen molar-refractivity contribution >= 4 is 11.4 Å². The number of nitrogens with one attached hydrogen (secondary N) is 1. The lowest BCUT2D eigenvalue weighted by atomic mass is 9.75. The summed E-state index contributed by atoms with van der Waals surface area (Å²) in [6.45, 7) is 4.59. The van der Waals surface area contributed by atoms with Crippen LogP contribution < -0.4 is 10.1 Å². The summed E-state index contributed by atoms with van der Waals surface area (Å²) in [6.07, 6.45) is 5.18. The topological polar surface area (TPSA) is 64.4 Å². The number of rotatable bonds is 4. The number of hydrogen-bond acceptors (Lipinski definition) is 4. The summed E-state index contributed by atoms with van der Waals surface area (Å²) in [6, 6.07) is 11.6. The summed E-state index contributed by atoms with van der Waals surface area (Å²) in [5.74, 6) is 1.17. The minimum absolute atomic E-state index is 0.0474. The Morgan fingerprint density at radius 3 is 2.85 bits per heavy atom. The molecule has 2 aromatic carbocycles. The van der Waals surface area contributed by atoms with E-state index < -0.39 is 0 Å². The van der Waals surface area contributed by atoms with Gasteiger partial charge >= 0.3 is 0 Å². The molecule has 0 aromatic heterocycles. The van der Waals surface area contributed by atoms with E-state index in [2.05, 4.69) is 23.5 Å². The van der Waals surface area contributed by atoms with Gasteiger partial charge in [-0.15, -0.1) is 0 Å². The molecule has 0 fully saturated rings. The van der Waals surface area contributed by atoms with Crippen LogP contribution in [0.5, 0.6) is 5.75 Å². The summed E-state index contributed by atoms with van der Waals surface area (Å²) in [5.41, 5.74) is 4.06. The maximum atomic E-state index is 11.6. The quantitative estimate of drug-likeness (QED) is 0.472. The van der Waals surface area contributed by atoms with E-state index in [1.807, 2.05) is 38.1 Å². The van der Waals surface area contributed by atoms with Crippen LogP contribution in [0.3, 0.4) is 0 Å². The van der Waals surface area contributed by atoms with Crippen LogP contribution in [-0.4, -0.2) is 11.5 Å². The highest BCUT2D eigenvalue weighted by atomic mass is 16.6. The molecule has 1 heterocycles. The Morgan fingerprint density at radius 1 is 1.27 bits per heavy atom. The van der Waals surface area contributed by atoms with Gasteiger partial charge < -0.3 is 10.1 Å². The largest absolute Gasteiger partial charge is 0.494 e. The van der Waals surface area contributed by atoms with Gasteiger partial charge in [0.1, 0.15) is 5.75 Å². The Balaban J connectivity index is 1.86.